The van der Waals surface area contributed by atoms with Gasteiger partial charge in [-0.15, -0.1) is 0 Å². The predicted octanol–water partition coefficient (Wildman–Crippen LogP) is 8.50. The molecule has 0 radical (unpaired) electrons. The van der Waals surface area contributed by atoms with Gasteiger partial charge in [0.2, 0.25) is 5.69 Å². The number of rotatable bonds is 3. The third-order valence-electron chi connectivity index (χ3n) is 9.11. The minimum absolute atomic E-state index is 0.465. The number of hydrogen-bond acceptors (Lipinski definition) is 2. The summed E-state index contributed by atoms with van der Waals surface area (Å²) in [5.74, 6) is 0.675. The van der Waals surface area contributed by atoms with Crippen molar-refractivity contribution in [1.29, 1.82) is 0 Å². The average molecular weight is 497 g/mol. The molecule has 0 aliphatic heterocycles. The van der Waals surface area contributed by atoms with Gasteiger partial charge in [-0.2, -0.15) is 0 Å². The highest BCUT2D eigenvalue weighted by molar-refractivity contribution is 6.17. The van der Waals surface area contributed by atoms with E-state index in [1.165, 1.54) is 30.2 Å². The van der Waals surface area contributed by atoms with Crippen molar-refractivity contribution in [3.8, 4) is 22.4 Å². The van der Waals surface area contributed by atoms with E-state index in [-0.39, 0.29) is 0 Å². The molecule has 3 heteroatoms. The van der Waals surface area contributed by atoms with Gasteiger partial charge in [-0.3, -0.25) is 4.98 Å². The molecule has 3 aromatic carbocycles. The summed E-state index contributed by atoms with van der Waals surface area (Å²) < 4.78 is 18.0. The summed E-state index contributed by atoms with van der Waals surface area (Å²) in [6, 6.07) is 25.8. The maximum Gasteiger partial charge on any atom is 0.216 e. The lowest BCUT2D eigenvalue weighted by atomic mass is 9.86. The second-order valence-electron chi connectivity index (χ2n) is 11.3. The molecule has 6 aromatic rings. The third-order valence-corrected chi connectivity index (χ3v) is 9.11. The van der Waals surface area contributed by atoms with Crippen LogP contribution in [0.1, 0.15) is 44.2 Å². The van der Waals surface area contributed by atoms with E-state index >= 15 is 0 Å². The fraction of sp³-hybridized carbons (Fsp3) is 0.257. The van der Waals surface area contributed by atoms with Gasteiger partial charge < -0.3 is 4.42 Å². The molecule has 0 N–H and O–H groups in total. The molecular weight excluding hydrogens is 464 g/mol. The van der Waals surface area contributed by atoms with E-state index in [9.17, 15) is 1.37 Å². The van der Waals surface area contributed by atoms with Crippen LogP contribution in [-0.2, 0) is 7.05 Å². The lowest BCUT2D eigenvalue weighted by molar-refractivity contribution is -0.660. The van der Waals surface area contributed by atoms with Crippen LogP contribution in [0.2, 0.25) is 0 Å². The van der Waals surface area contributed by atoms with E-state index in [1.54, 1.807) is 0 Å². The van der Waals surface area contributed by atoms with E-state index < -0.39 is 5.89 Å². The summed E-state index contributed by atoms with van der Waals surface area (Å²) in [6.45, 7) is 2.16. The van der Waals surface area contributed by atoms with Crippen molar-refractivity contribution in [2.45, 2.75) is 38.5 Å². The molecule has 3 aromatic heterocycles. The van der Waals surface area contributed by atoms with E-state index in [0.717, 1.165) is 61.8 Å². The maximum atomic E-state index is 9.18. The van der Waals surface area contributed by atoms with Gasteiger partial charge in [0.05, 0.1) is 5.56 Å². The molecule has 186 valence electrons. The first kappa shape index (κ1) is 21.0. The lowest BCUT2D eigenvalue weighted by Gasteiger charge is -2.21. The molecule has 3 nitrogen and oxygen atoms in total. The summed E-state index contributed by atoms with van der Waals surface area (Å²) in [5.41, 5.74) is 8.41. The van der Waals surface area contributed by atoms with Crippen molar-refractivity contribution >= 4 is 32.7 Å². The minimum Gasteiger partial charge on any atom is -0.454 e. The van der Waals surface area contributed by atoms with Gasteiger partial charge in [-0.05, 0) is 66.7 Å². The molecule has 3 unspecified atom stereocenters. The fourth-order valence-electron chi connectivity index (χ4n) is 7.11. The molecule has 38 heavy (non-hydrogen) atoms. The van der Waals surface area contributed by atoms with Gasteiger partial charge in [0.1, 0.15) is 18.2 Å². The second-order valence-corrected chi connectivity index (χ2v) is 11.3. The summed E-state index contributed by atoms with van der Waals surface area (Å²) in [4.78, 5) is 4.86. The number of benzene rings is 3. The highest BCUT2D eigenvalue weighted by atomic mass is 16.3. The maximum absolute atomic E-state index is 9.18. The molecule has 2 bridgehead atoms. The zero-order chi connectivity index (χ0) is 26.3. The van der Waals surface area contributed by atoms with Crippen LogP contribution in [0.5, 0.6) is 0 Å². The third kappa shape index (κ3) is 3.27. The number of aryl methyl sites for hydroxylation is 2. The number of fused-ring (bicyclic) bond motifs is 7. The van der Waals surface area contributed by atoms with Crippen molar-refractivity contribution in [1.82, 2.24) is 4.98 Å². The first-order valence-corrected chi connectivity index (χ1v) is 13.8. The number of hydrogen-bond donors (Lipinski definition) is 0. The van der Waals surface area contributed by atoms with E-state index in [0.29, 0.717) is 11.8 Å². The highest BCUT2D eigenvalue weighted by Crippen LogP contribution is 2.52. The Labute approximate surface area is 224 Å². The molecule has 2 aliphatic rings. The molecule has 2 aliphatic carbocycles. The largest absolute Gasteiger partial charge is 0.454 e. The molecule has 3 atom stereocenters. The van der Waals surface area contributed by atoms with Crippen molar-refractivity contribution in [3.63, 3.8) is 0 Å². The Morgan fingerprint density at radius 3 is 2.55 bits per heavy atom. The Balaban J connectivity index is 1.25. The van der Waals surface area contributed by atoms with Crippen molar-refractivity contribution < 1.29 is 10.4 Å². The monoisotopic (exact) mass is 496 g/mol. The summed E-state index contributed by atoms with van der Waals surface area (Å²) in [6.07, 6.45) is 8.73. The average Bonchev–Trinajstić information content (AvgIpc) is 3.67. The first-order chi connectivity index (χ1) is 19.0. The Hall–Kier alpha value is -3.98. The number of pyridine rings is 2. The Morgan fingerprint density at radius 1 is 0.868 bits per heavy atom. The summed E-state index contributed by atoms with van der Waals surface area (Å²) in [7, 11) is 2.09. The Kier molecular flexibility index (Phi) is 4.57. The lowest BCUT2D eigenvalue weighted by Crippen LogP contribution is -2.30. The van der Waals surface area contributed by atoms with E-state index in [1.807, 2.05) is 6.20 Å². The topological polar surface area (TPSA) is 29.9 Å². The van der Waals surface area contributed by atoms with Gasteiger partial charge >= 0.3 is 0 Å². The van der Waals surface area contributed by atoms with Gasteiger partial charge in [-0.25, -0.2) is 4.57 Å². The van der Waals surface area contributed by atoms with Crippen molar-refractivity contribution in [2.24, 2.45) is 18.9 Å². The number of nitrogens with zero attached hydrogens (tertiary/aromatic N) is 2. The SMILES string of the molecule is [2H]C1(c2ccc(-c3cc[n+](C)c(-c4c(C)ccc5c4oc4c6ccccc6ccc54)c3)cn2)CC2CCC1C2. The molecular formula is C35H31N2O+. The van der Waals surface area contributed by atoms with Crippen molar-refractivity contribution in [3.05, 3.63) is 96.4 Å². The van der Waals surface area contributed by atoms with Gasteiger partial charge in [0, 0.05) is 53.0 Å². The quantitative estimate of drug-likeness (QED) is 0.230. The second kappa shape index (κ2) is 8.26. The predicted molar refractivity (Wildman–Crippen MR) is 154 cm³/mol. The van der Waals surface area contributed by atoms with Gasteiger partial charge in [0.15, 0.2) is 6.20 Å². The van der Waals surface area contributed by atoms with Crippen LogP contribution in [0, 0.1) is 18.8 Å². The molecule has 2 saturated carbocycles. The molecule has 2 fully saturated rings. The van der Waals surface area contributed by atoms with Crippen molar-refractivity contribution in [2.75, 3.05) is 0 Å². The fourth-order valence-corrected chi connectivity index (χ4v) is 7.11. The van der Waals surface area contributed by atoms with Gasteiger partial charge in [0.25, 0.3) is 0 Å². The molecule has 8 rings (SSSR count). The Morgan fingerprint density at radius 2 is 1.74 bits per heavy atom. The van der Waals surface area contributed by atoms with Crippen LogP contribution >= 0.6 is 0 Å². The van der Waals surface area contributed by atoms with Gasteiger partial charge in [-0.1, -0.05) is 55.0 Å². The number of aromatic nitrogens is 2. The van der Waals surface area contributed by atoms with Crippen LogP contribution in [0.25, 0.3) is 55.1 Å². The van der Waals surface area contributed by atoms with Crippen LogP contribution in [-0.4, -0.2) is 4.98 Å². The van der Waals surface area contributed by atoms with E-state index in [2.05, 4.69) is 97.5 Å². The normalized spacial score (nSPS) is 23.1. The van der Waals surface area contributed by atoms with E-state index in [4.69, 9.17) is 9.40 Å². The summed E-state index contributed by atoms with van der Waals surface area (Å²) >= 11 is 0. The van der Waals surface area contributed by atoms with Crippen LogP contribution < -0.4 is 4.57 Å². The standard InChI is InChI=1S/C35H31N2O/c1-21-7-12-29-28-13-10-23-5-3-4-6-27(23)34(28)38-35(29)33(21)32-19-24(15-16-37(32)2)26-11-14-31(36-20-26)30-18-22-8-9-25(30)17-22/h3-7,10-16,19-20,22,25,30H,8-9,17-18H2,1-2H3/q+1/i30D. The highest BCUT2D eigenvalue weighted by Gasteiger charge is 2.40. The summed E-state index contributed by atoms with van der Waals surface area (Å²) in [5, 5.41) is 4.61. The zero-order valence-corrected chi connectivity index (χ0v) is 21.9. The van der Waals surface area contributed by atoms with Crippen LogP contribution in [0.3, 0.4) is 0 Å². The molecule has 0 amide bonds. The number of furan rings is 1. The Bertz CT molecular complexity index is 1920. The zero-order valence-electron chi connectivity index (χ0n) is 22.9. The smallest absolute Gasteiger partial charge is 0.216 e. The van der Waals surface area contributed by atoms with Crippen LogP contribution in [0.4, 0.5) is 0 Å². The molecule has 3 heterocycles. The minimum atomic E-state index is -0.506. The molecule has 0 saturated heterocycles. The first-order valence-electron chi connectivity index (χ1n) is 14.3. The van der Waals surface area contributed by atoms with Crippen LogP contribution in [0.15, 0.2) is 89.6 Å². The molecule has 0 spiro atoms.